The van der Waals surface area contributed by atoms with Crippen LogP contribution in [0.2, 0.25) is 0 Å². The monoisotopic (exact) mass is 510 g/mol. The molecule has 29 heavy (non-hydrogen) atoms. The van der Waals surface area contributed by atoms with Gasteiger partial charge in [-0.05, 0) is 39.5 Å². The second kappa shape index (κ2) is 16.1. The van der Waals surface area contributed by atoms with E-state index in [1.54, 1.807) is 22.3 Å². The molecule has 0 amide bonds. The summed E-state index contributed by atoms with van der Waals surface area (Å²) in [5.74, 6) is 3.25. The van der Waals surface area contributed by atoms with Crippen molar-refractivity contribution in [3.05, 3.63) is 73.3 Å². The van der Waals surface area contributed by atoms with E-state index in [0.29, 0.717) is 0 Å². The van der Waals surface area contributed by atoms with Crippen molar-refractivity contribution >= 4 is 0 Å². The first-order chi connectivity index (χ1) is 12.5. The van der Waals surface area contributed by atoms with Crippen LogP contribution in [0.4, 0.5) is 0 Å². The second-order valence-electron chi connectivity index (χ2n) is 8.24. The van der Waals surface area contributed by atoms with Gasteiger partial charge in [0.2, 0.25) is 0 Å². The Bertz CT molecular complexity index is 486. The molecule has 0 aromatic rings. The zero-order valence-electron chi connectivity index (χ0n) is 18.7. The first-order valence-electron chi connectivity index (χ1n) is 10.4. The van der Waals surface area contributed by atoms with Crippen molar-refractivity contribution < 1.29 is 51.0 Å². The van der Waals surface area contributed by atoms with Gasteiger partial charge >= 0.3 is 26.2 Å². The van der Waals surface area contributed by atoms with Gasteiger partial charge in [-0.25, -0.2) is 12.8 Å². The fourth-order valence-electron chi connectivity index (χ4n) is 4.62. The van der Waals surface area contributed by atoms with E-state index in [-0.39, 0.29) is 51.0 Å². The van der Waals surface area contributed by atoms with Crippen LogP contribution < -0.4 is 24.8 Å². The number of hydrogen-bond acceptors (Lipinski definition) is 0. The molecule has 164 valence electrons. The van der Waals surface area contributed by atoms with Gasteiger partial charge in [-0.15, -0.1) is 11.8 Å². The van der Waals surface area contributed by atoms with E-state index < -0.39 is 0 Å². The summed E-state index contributed by atoms with van der Waals surface area (Å²) in [7, 11) is 0. The summed E-state index contributed by atoms with van der Waals surface area (Å²) in [6.45, 7) is 16.1. The van der Waals surface area contributed by atoms with Crippen LogP contribution in [0.15, 0.2) is 46.6 Å². The van der Waals surface area contributed by atoms with Crippen molar-refractivity contribution in [3.63, 3.8) is 0 Å². The zero-order chi connectivity index (χ0) is 19.1. The molecule has 2 fully saturated rings. The third-order valence-corrected chi connectivity index (χ3v) is 6.35. The third kappa shape index (κ3) is 8.82. The van der Waals surface area contributed by atoms with E-state index in [2.05, 4.69) is 78.7 Å². The standard InChI is InChI=1S/2C11H15.C4H8.2ClH.Zr/c2*1-8-6-7-9(2)11-5-3-4-10(8)11;1-3-4-2;;;/h2*4,6-7,10-11H,3,5H2,1-2H3;1-4H2;2*1H;/q2*-1;-2;;;+2/p-2. The molecule has 0 radical (unpaired) electrons. The van der Waals surface area contributed by atoms with Gasteiger partial charge in [-0.2, -0.15) is 12.8 Å². The molecule has 4 unspecified atom stereocenters. The van der Waals surface area contributed by atoms with Gasteiger partial charge in [-0.3, -0.25) is 0 Å². The first kappa shape index (κ1) is 31.6. The Labute approximate surface area is 213 Å². The normalized spacial score (nSPS) is 28.5. The average molecular weight is 513 g/mol. The van der Waals surface area contributed by atoms with Crippen molar-refractivity contribution in [2.75, 3.05) is 0 Å². The molecule has 0 bridgehead atoms. The maximum Gasteiger partial charge on any atom is 2.00 e. The third-order valence-electron chi connectivity index (χ3n) is 6.35. The zero-order valence-corrected chi connectivity index (χ0v) is 22.7. The summed E-state index contributed by atoms with van der Waals surface area (Å²) in [5, 5.41) is 0. The van der Waals surface area contributed by atoms with Gasteiger partial charge in [-0.1, -0.05) is 59.4 Å². The van der Waals surface area contributed by atoms with Crippen LogP contribution in [0, 0.1) is 50.4 Å². The minimum atomic E-state index is 0. The van der Waals surface area contributed by atoms with E-state index in [1.807, 2.05) is 0 Å². The van der Waals surface area contributed by atoms with Crippen LogP contribution in [-0.4, -0.2) is 0 Å². The number of allylic oxidation sites excluding steroid dienone is 8. The van der Waals surface area contributed by atoms with Gasteiger partial charge in [0.15, 0.2) is 0 Å². The smallest absolute Gasteiger partial charge is 1.00 e. The molecule has 0 N–H and O–H groups in total. The summed E-state index contributed by atoms with van der Waals surface area (Å²) < 4.78 is 0. The molecule has 3 heteroatoms. The quantitative estimate of drug-likeness (QED) is 0.469. The molecule has 0 nitrogen and oxygen atoms in total. The van der Waals surface area contributed by atoms with Gasteiger partial charge in [0.25, 0.3) is 0 Å². The summed E-state index contributed by atoms with van der Waals surface area (Å²) in [6, 6.07) is 0. The Morgan fingerprint density at radius 2 is 1.00 bits per heavy atom. The number of hydrogen-bond donors (Lipinski definition) is 0. The summed E-state index contributed by atoms with van der Waals surface area (Å²) >= 11 is 0. The van der Waals surface area contributed by atoms with Gasteiger partial charge in [0.1, 0.15) is 0 Å². The predicted octanol–water partition coefficient (Wildman–Crippen LogP) is 1.69. The van der Waals surface area contributed by atoms with E-state index in [4.69, 9.17) is 0 Å². The summed E-state index contributed by atoms with van der Waals surface area (Å²) in [5.41, 5.74) is 6.26. The molecule has 4 aliphatic rings. The van der Waals surface area contributed by atoms with Crippen molar-refractivity contribution in [1.29, 1.82) is 0 Å². The van der Waals surface area contributed by atoms with E-state index >= 15 is 0 Å². The average Bonchev–Trinajstić information content (AvgIpc) is 3.33. The van der Waals surface area contributed by atoms with Crippen LogP contribution in [-0.2, 0) is 26.2 Å². The first-order valence-corrected chi connectivity index (χ1v) is 10.4. The number of halogens is 2. The van der Waals surface area contributed by atoms with Crippen molar-refractivity contribution in [2.45, 2.75) is 66.2 Å². The van der Waals surface area contributed by atoms with Crippen LogP contribution in [0.1, 0.15) is 66.2 Å². The number of rotatable bonds is 1. The maximum atomic E-state index is 3.54. The van der Waals surface area contributed by atoms with Crippen LogP contribution in [0.25, 0.3) is 0 Å². The molecule has 4 aliphatic carbocycles. The fourth-order valence-corrected chi connectivity index (χ4v) is 4.62. The molecule has 2 saturated carbocycles. The second-order valence-corrected chi connectivity index (χ2v) is 8.24. The Hall–Kier alpha value is 0.423. The molecular formula is C26H38Cl2Zr-4. The van der Waals surface area contributed by atoms with Gasteiger partial charge < -0.3 is 51.5 Å². The number of unbranched alkanes of at least 4 members (excludes halogenated alkanes) is 1. The Kier molecular flexibility index (Phi) is 17.6. The molecule has 4 rings (SSSR count). The topological polar surface area (TPSA) is 0 Å². The van der Waals surface area contributed by atoms with Crippen LogP contribution in [0.5, 0.6) is 0 Å². The van der Waals surface area contributed by atoms with E-state index in [1.165, 1.54) is 25.7 Å². The predicted molar refractivity (Wildman–Crippen MR) is 116 cm³/mol. The number of fused-ring (bicyclic) bond motifs is 2. The Morgan fingerprint density at radius 3 is 1.28 bits per heavy atom. The summed E-state index contributed by atoms with van der Waals surface area (Å²) in [4.78, 5) is 0. The molecule has 0 aromatic heterocycles. The van der Waals surface area contributed by atoms with Crippen LogP contribution in [0.3, 0.4) is 0 Å². The SMILES string of the molecule is CC1=CC=C(C)C2CC[CH-]C12.CC1=CC=C(C)C2CC[CH-]C12.[CH2-]CC[CH2-].[Cl-].[Cl-].[Zr+2]. The van der Waals surface area contributed by atoms with E-state index in [0.717, 1.165) is 36.5 Å². The Balaban J connectivity index is 0. The van der Waals surface area contributed by atoms with Crippen molar-refractivity contribution in [3.8, 4) is 0 Å². The minimum absolute atomic E-state index is 0. The fraction of sp³-hybridized carbons (Fsp3) is 0.538. The molecule has 4 atom stereocenters. The molecule has 0 aliphatic heterocycles. The molecule has 0 aromatic carbocycles. The maximum absolute atomic E-state index is 3.54. The molecular weight excluding hydrogens is 474 g/mol. The largest absolute Gasteiger partial charge is 2.00 e. The molecule has 0 spiro atoms. The molecule has 0 saturated heterocycles. The van der Waals surface area contributed by atoms with Crippen LogP contribution >= 0.6 is 0 Å². The van der Waals surface area contributed by atoms with Crippen molar-refractivity contribution in [1.82, 2.24) is 0 Å². The summed E-state index contributed by atoms with van der Waals surface area (Å²) in [6.07, 6.45) is 21.4. The minimum Gasteiger partial charge on any atom is -1.00 e. The molecule has 0 heterocycles. The van der Waals surface area contributed by atoms with Gasteiger partial charge in [0, 0.05) is 0 Å². The van der Waals surface area contributed by atoms with Gasteiger partial charge in [0.05, 0.1) is 0 Å². The Morgan fingerprint density at radius 1 is 0.690 bits per heavy atom. The van der Waals surface area contributed by atoms with E-state index in [9.17, 15) is 0 Å². The van der Waals surface area contributed by atoms with Crippen molar-refractivity contribution in [2.24, 2.45) is 23.7 Å².